The van der Waals surface area contributed by atoms with Crippen molar-refractivity contribution in [3.63, 3.8) is 0 Å². The van der Waals surface area contributed by atoms with Crippen molar-refractivity contribution in [3.05, 3.63) is 302 Å². The van der Waals surface area contributed by atoms with Gasteiger partial charge in [-0.05, 0) is 170 Å². The average molecular weight is 1190 g/mol. The summed E-state index contributed by atoms with van der Waals surface area (Å²) in [6.45, 7) is 13.9. The summed E-state index contributed by atoms with van der Waals surface area (Å²) >= 11 is 0. The topological polar surface area (TPSA) is 39.9 Å². The van der Waals surface area contributed by atoms with Crippen LogP contribution in [0.3, 0.4) is 0 Å². The lowest BCUT2D eigenvalue weighted by Crippen LogP contribution is -2.50. The number of nitrogens with zero attached hydrogens (tertiary/aromatic N) is 6. The second-order valence-corrected chi connectivity index (χ2v) is 27.9. The first kappa shape index (κ1) is 54.6. The Bertz CT molecular complexity index is 4740. The third-order valence-corrected chi connectivity index (χ3v) is 23.4. The van der Waals surface area contributed by atoms with Gasteiger partial charge >= 0.3 is 0 Å². The van der Waals surface area contributed by atoms with E-state index >= 15 is 4.79 Å². The van der Waals surface area contributed by atoms with Gasteiger partial charge < -0.3 is 28.7 Å². The van der Waals surface area contributed by atoms with Crippen LogP contribution in [-0.4, -0.2) is 24.8 Å². The number of aryl methyl sites for hydroxylation is 4. The Labute approximate surface area is 536 Å². The van der Waals surface area contributed by atoms with Gasteiger partial charge in [-0.3, -0.25) is 4.79 Å². The number of amides is 1. The van der Waals surface area contributed by atoms with Crippen molar-refractivity contribution in [1.29, 1.82) is 0 Å². The van der Waals surface area contributed by atoms with Crippen molar-refractivity contribution >= 4 is 45.6 Å². The number of rotatable bonds is 12. The van der Waals surface area contributed by atoms with Crippen molar-refractivity contribution in [3.8, 4) is 11.1 Å². The number of anilines is 3. The monoisotopic (exact) mass is 1190 g/mol. The molecule has 2 aromatic heterocycles. The third kappa shape index (κ3) is 7.40. The van der Waals surface area contributed by atoms with Crippen molar-refractivity contribution in [2.45, 2.75) is 109 Å². The van der Waals surface area contributed by atoms with Crippen molar-refractivity contribution < 1.29 is 4.79 Å². The third-order valence-electron chi connectivity index (χ3n) is 23.4. The molecule has 8 unspecified atom stereocenters. The van der Waals surface area contributed by atoms with Crippen LogP contribution >= 0.6 is 0 Å². The number of aromatic nitrogens is 2. The summed E-state index contributed by atoms with van der Waals surface area (Å²) in [4.78, 5) is 28.2. The molecule has 4 heterocycles. The SMILES string of the molecule is CCC1=CC=C(N(c2ccc(CC)cc2)c2ccc3c(C4C5C(=O)N(C6(C)c7ccccc7C7C=CC=CC76)C6=C5C(=C5C7C(N(C8=CCC(CC)C=C8)c8ccc(C)cc8)=Cc8c(c6cn8C)C57)N4C4(C)c5ccccc5-c5ccccc54)cn(C)c3c2)CC1. The maximum atomic E-state index is 17.9. The number of fused-ring (bicyclic) bond motifs is 9. The number of carbonyl (C=O) groups excluding carboxylic acids is 1. The van der Waals surface area contributed by atoms with Crippen LogP contribution in [0.4, 0.5) is 17.1 Å². The van der Waals surface area contributed by atoms with E-state index in [9.17, 15) is 0 Å². The number of carbonyl (C=O) groups is 1. The van der Waals surface area contributed by atoms with Gasteiger partial charge in [0.1, 0.15) is 0 Å². The van der Waals surface area contributed by atoms with E-state index in [1.165, 1.54) is 123 Å². The highest BCUT2D eigenvalue weighted by atomic mass is 16.2. The molecule has 91 heavy (non-hydrogen) atoms. The van der Waals surface area contributed by atoms with Gasteiger partial charge in [0, 0.05) is 118 Å². The molecule has 7 heteroatoms. The molecule has 0 radical (unpaired) electrons. The molecule has 2 aliphatic heterocycles. The summed E-state index contributed by atoms with van der Waals surface area (Å²) in [5.74, 6) is 0.407. The summed E-state index contributed by atoms with van der Waals surface area (Å²) in [7, 11) is 4.49. The maximum Gasteiger partial charge on any atom is 0.237 e. The van der Waals surface area contributed by atoms with Gasteiger partial charge in [-0.1, -0.05) is 178 Å². The number of likely N-dealkylation sites (tertiary alicyclic amines) is 1. The fourth-order valence-electron chi connectivity index (χ4n) is 18.8. The molecule has 7 nitrogen and oxygen atoms in total. The average Bonchev–Trinajstić information content (AvgIpc) is 1.47. The van der Waals surface area contributed by atoms with E-state index in [1.54, 1.807) is 0 Å². The van der Waals surface area contributed by atoms with Crippen LogP contribution in [0.2, 0.25) is 0 Å². The Kier molecular flexibility index (Phi) is 11.9. The summed E-state index contributed by atoms with van der Waals surface area (Å²) in [6, 6.07) is 52.6. The molecule has 0 spiro atoms. The number of benzene rings is 6. The summed E-state index contributed by atoms with van der Waals surface area (Å²) in [5.41, 5.74) is 28.7. The largest absolute Gasteiger partial charge is 0.350 e. The zero-order valence-corrected chi connectivity index (χ0v) is 53.6. The van der Waals surface area contributed by atoms with Crippen LogP contribution in [0, 0.1) is 30.6 Å². The second-order valence-electron chi connectivity index (χ2n) is 27.9. The Hall–Kier alpha value is -9.33. The van der Waals surface area contributed by atoms with Crippen LogP contribution in [0.5, 0.6) is 0 Å². The van der Waals surface area contributed by atoms with Gasteiger partial charge in [-0.2, -0.15) is 0 Å². The molecule has 2 fully saturated rings. The number of hydrogen-bond acceptors (Lipinski definition) is 4. The van der Waals surface area contributed by atoms with E-state index in [2.05, 4.69) is 297 Å². The van der Waals surface area contributed by atoms with E-state index in [0.29, 0.717) is 5.92 Å². The highest BCUT2D eigenvalue weighted by Crippen LogP contribution is 2.75. The lowest BCUT2D eigenvalue weighted by atomic mass is 9.77. The van der Waals surface area contributed by atoms with Gasteiger partial charge in [-0.25, -0.2) is 0 Å². The Morgan fingerprint density at radius 3 is 2.04 bits per heavy atom. The highest BCUT2D eigenvalue weighted by molar-refractivity contribution is 6.06. The molecule has 1 amide bonds. The molecule has 8 aromatic rings. The van der Waals surface area contributed by atoms with E-state index in [0.717, 1.165) is 55.4 Å². The number of hydrogen-bond donors (Lipinski definition) is 0. The lowest BCUT2D eigenvalue weighted by molar-refractivity contribution is -0.136. The standard InChI is InChI=1S/C84H78N6O/c1-9-51-30-38-54(39-31-51)87(55-40-32-52(10-2)33-41-55)58-44-45-63-64(48-85(7)70(63)46-58)79-78-77-80(90(82(78)91)84(6)68-26-18-14-22-61(68)62-23-15-19-27-69(62)84)65-49-86(8)71-47-72(88(56-36-28-50(4)29-37-56)57-42-34-53(11-3)35-43-57)74-75(73(65)71)76(74)81(77)89(79)83(5)66-24-16-12-20-59(66)60-21-13-17-25-67(60)83/h12-32,34,36-40,42-49,53,61,68,74-75,78-79H,9-11,33,35,41H2,1-8H3. The molecule has 0 N–H and O–H groups in total. The first-order valence-electron chi connectivity index (χ1n) is 33.7. The fourth-order valence-corrected chi connectivity index (χ4v) is 18.8. The molecular formula is C84H78N6O. The molecule has 18 rings (SSSR count). The smallest absolute Gasteiger partial charge is 0.237 e. The Morgan fingerprint density at radius 1 is 0.637 bits per heavy atom. The van der Waals surface area contributed by atoms with Gasteiger partial charge in [0.05, 0.1) is 34.3 Å². The van der Waals surface area contributed by atoms with E-state index in [4.69, 9.17) is 0 Å². The minimum absolute atomic E-state index is 0.0201. The summed E-state index contributed by atoms with van der Waals surface area (Å²) in [5, 5.41) is 1.17. The minimum Gasteiger partial charge on any atom is -0.350 e. The van der Waals surface area contributed by atoms with E-state index in [-0.39, 0.29) is 29.6 Å². The molecule has 8 atom stereocenters. The minimum atomic E-state index is -0.716. The van der Waals surface area contributed by atoms with Crippen LogP contribution in [0.1, 0.15) is 140 Å². The molecule has 0 bridgehead atoms. The van der Waals surface area contributed by atoms with Crippen LogP contribution in [0.25, 0.3) is 33.8 Å². The number of allylic oxidation sites excluding steroid dienone is 12. The van der Waals surface area contributed by atoms with Crippen molar-refractivity contribution in [2.75, 3.05) is 9.80 Å². The van der Waals surface area contributed by atoms with E-state index in [1.807, 2.05) is 0 Å². The van der Waals surface area contributed by atoms with E-state index < -0.39 is 23.0 Å². The Morgan fingerprint density at radius 2 is 1.34 bits per heavy atom. The van der Waals surface area contributed by atoms with Gasteiger partial charge in [0.25, 0.3) is 0 Å². The second kappa shape index (κ2) is 19.8. The first-order chi connectivity index (χ1) is 44.4. The lowest BCUT2D eigenvalue weighted by Gasteiger charge is -2.47. The molecule has 450 valence electrons. The predicted octanol–water partition coefficient (Wildman–Crippen LogP) is 19.2. The van der Waals surface area contributed by atoms with Gasteiger partial charge in [-0.15, -0.1) is 0 Å². The molecule has 8 aliphatic carbocycles. The maximum absolute atomic E-state index is 17.9. The van der Waals surface area contributed by atoms with Gasteiger partial charge in [0.15, 0.2) is 0 Å². The Balaban J connectivity index is 0.924. The first-order valence-corrected chi connectivity index (χ1v) is 33.7. The molecule has 1 saturated carbocycles. The normalized spacial score (nSPS) is 25.4. The van der Waals surface area contributed by atoms with Crippen molar-refractivity contribution in [2.24, 2.45) is 37.8 Å². The molecule has 1 saturated heterocycles. The quantitative estimate of drug-likeness (QED) is 0.122. The predicted molar refractivity (Wildman–Crippen MR) is 371 cm³/mol. The molecule has 6 aromatic carbocycles. The zero-order valence-electron chi connectivity index (χ0n) is 53.6. The van der Waals surface area contributed by atoms with Crippen LogP contribution in [-0.2, 0) is 36.4 Å². The molecular weight excluding hydrogens is 1110 g/mol. The van der Waals surface area contributed by atoms with Crippen LogP contribution < -0.4 is 9.80 Å². The summed E-state index contributed by atoms with van der Waals surface area (Å²) in [6.07, 6.45) is 34.9. The van der Waals surface area contributed by atoms with Gasteiger partial charge in [0.2, 0.25) is 5.91 Å². The van der Waals surface area contributed by atoms with Crippen LogP contribution in [0.15, 0.2) is 246 Å². The highest BCUT2D eigenvalue weighted by Gasteiger charge is 2.70. The van der Waals surface area contributed by atoms with Crippen molar-refractivity contribution in [1.82, 2.24) is 18.9 Å². The molecule has 10 aliphatic rings. The summed E-state index contributed by atoms with van der Waals surface area (Å²) < 4.78 is 4.77. The fraction of sp³-hybridized carbons (Fsp3) is 0.274. The zero-order chi connectivity index (χ0) is 61.5.